The van der Waals surface area contributed by atoms with Crippen molar-refractivity contribution in [2.45, 2.75) is 26.1 Å². The molecule has 5 aromatic rings. The summed E-state index contributed by atoms with van der Waals surface area (Å²) < 4.78 is 5.42. The van der Waals surface area contributed by atoms with Crippen LogP contribution in [0.15, 0.2) is 127 Å². The molecule has 3 amide bonds. The summed E-state index contributed by atoms with van der Waals surface area (Å²) in [5.74, 6) is -1.96. The highest BCUT2D eigenvalue weighted by Gasteiger charge is 2.42. The molecule has 0 saturated heterocycles. The number of hydrogen-bond donors (Lipinski definition) is 2. The fourth-order valence-corrected chi connectivity index (χ4v) is 5.87. The van der Waals surface area contributed by atoms with Gasteiger partial charge in [0.15, 0.2) is 0 Å². The van der Waals surface area contributed by atoms with Crippen molar-refractivity contribution in [2.75, 3.05) is 16.9 Å². The minimum atomic E-state index is -1.27. The summed E-state index contributed by atoms with van der Waals surface area (Å²) in [5, 5.41) is 2.89. The number of benzene rings is 5. The first-order chi connectivity index (χ1) is 23.0. The number of nitrogens with two attached hydrogens (primary N) is 1. The molecular weight excluding hydrogens is 588 g/mol. The van der Waals surface area contributed by atoms with Gasteiger partial charge in [-0.1, -0.05) is 97.1 Å². The molecule has 1 heterocycles. The highest BCUT2D eigenvalue weighted by molar-refractivity contribution is 6.21. The number of fused-ring (bicyclic) bond motifs is 1. The lowest BCUT2D eigenvalue weighted by Gasteiger charge is -2.26. The molecule has 8 nitrogen and oxygen atoms in total. The van der Waals surface area contributed by atoms with Crippen molar-refractivity contribution >= 4 is 34.8 Å². The Morgan fingerprint density at radius 1 is 0.723 bits per heavy atom. The Kier molecular flexibility index (Phi) is 9.41. The molecule has 0 bridgehead atoms. The SMILES string of the molecule is COc1ccccc1CNC(=O)CC1C(=O)N(Cc2ccc(-c3ccccc3)cc2)c2ccccc2N(c2ccc(CN)cc2)C1=O. The van der Waals surface area contributed by atoms with Crippen molar-refractivity contribution in [2.24, 2.45) is 11.7 Å². The minimum absolute atomic E-state index is 0.194. The maximum atomic E-state index is 14.5. The van der Waals surface area contributed by atoms with Crippen LogP contribution in [0, 0.1) is 5.92 Å². The second-order valence-electron chi connectivity index (χ2n) is 11.4. The average molecular weight is 625 g/mol. The zero-order chi connectivity index (χ0) is 32.8. The molecule has 0 fully saturated rings. The first-order valence-electron chi connectivity index (χ1n) is 15.5. The van der Waals surface area contributed by atoms with E-state index in [9.17, 15) is 14.4 Å². The van der Waals surface area contributed by atoms with Crippen LogP contribution in [0.3, 0.4) is 0 Å². The molecule has 8 heteroatoms. The lowest BCUT2D eigenvalue weighted by Crippen LogP contribution is -2.43. The molecule has 1 atom stereocenters. The van der Waals surface area contributed by atoms with Gasteiger partial charge in [0.1, 0.15) is 11.7 Å². The Labute approximate surface area is 274 Å². The van der Waals surface area contributed by atoms with Gasteiger partial charge in [0.2, 0.25) is 17.7 Å². The number of nitrogens with one attached hydrogen (secondary N) is 1. The maximum absolute atomic E-state index is 14.5. The molecule has 5 aromatic carbocycles. The fraction of sp³-hybridized carbons (Fsp3) is 0.154. The predicted molar refractivity (Wildman–Crippen MR) is 184 cm³/mol. The predicted octanol–water partition coefficient (Wildman–Crippen LogP) is 6.36. The molecule has 1 aliphatic rings. The number of carbonyl (C=O) groups excluding carboxylic acids is 3. The normalized spacial score (nSPS) is 14.4. The van der Waals surface area contributed by atoms with E-state index in [2.05, 4.69) is 5.32 Å². The number of methoxy groups -OCH3 is 1. The number of para-hydroxylation sites is 3. The van der Waals surface area contributed by atoms with Gasteiger partial charge in [-0.2, -0.15) is 0 Å². The summed E-state index contributed by atoms with van der Waals surface area (Å²) in [6.07, 6.45) is -0.318. The van der Waals surface area contributed by atoms with E-state index in [1.807, 2.05) is 127 Å². The molecule has 6 rings (SSSR count). The van der Waals surface area contributed by atoms with Gasteiger partial charge in [-0.25, -0.2) is 0 Å². The lowest BCUT2D eigenvalue weighted by atomic mass is 10.00. The van der Waals surface area contributed by atoms with Crippen molar-refractivity contribution in [1.29, 1.82) is 0 Å². The van der Waals surface area contributed by atoms with E-state index < -0.39 is 23.6 Å². The quantitative estimate of drug-likeness (QED) is 0.176. The third-order valence-electron chi connectivity index (χ3n) is 8.39. The molecule has 0 aliphatic carbocycles. The number of nitrogens with zero attached hydrogens (tertiary/aromatic N) is 2. The van der Waals surface area contributed by atoms with Crippen LogP contribution in [-0.2, 0) is 34.0 Å². The highest BCUT2D eigenvalue weighted by atomic mass is 16.5. The van der Waals surface area contributed by atoms with Crippen LogP contribution in [0.5, 0.6) is 5.75 Å². The van der Waals surface area contributed by atoms with Gasteiger partial charge in [-0.15, -0.1) is 0 Å². The molecule has 47 heavy (non-hydrogen) atoms. The van der Waals surface area contributed by atoms with Crippen LogP contribution in [0.25, 0.3) is 11.1 Å². The molecule has 0 aromatic heterocycles. The summed E-state index contributed by atoms with van der Waals surface area (Å²) in [5.41, 5.74) is 12.3. The molecule has 236 valence electrons. The van der Waals surface area contributed by atoms with E-state index in [1.54, 1.807) is 16.9 Å². The Hall–Kier alpha value is -5.73. The van der Waals surface area contributed by atoms with E-state index >= 15 is 0 Å². The molecule has 3 N–H and O–H groups in total. The van der Waals surface area contributed by atoms with E-state index in [0.717, 1.165) is 27.8 Å². The van der Waals surface area contributed by atoms with Crippen LogP contribution in [0.2, 0.25) is 0 Å². The van der Waals surface area contributed by atoms with Crippen molar-refractivity contribution in [3.8, 4) is 16.9 Å². The van der Waals surface area contributed by atoms with Crippen LogP contribution in [-0.4, -0.2) is 24.8 Å². The molecule has 0 saturated carbocycles. The van der Waals surface area contributed by atoms with Crippen molar-refractivity contribution in [3.63, 3.8) is 0 Å². The first kappa shape index (κ1) is 31.3. The zero-order valence-electron chi connectivity index (χ0n) is 26.1. The summed E-state index contributed by atoms with van der Waals surface area (Å²) in [6.45, 7) is 0.770. The second kappa shape index (κ2) is 14.1. The van der Waals surface area contributed by atoms with Crippen LogP contribution >= 0.6 is 0 Å². The molecule has 1 aliphatic heterocycles. The third kappa shape index (κ3) is 6.78. The Morgan fingerprint density at radius 3 is 2.04 bits per heavy atom. The van der Waals surface area contributed by atoms with Gasteiger partial charge in [0.25, 0.3) is 0 Å². The van der Waals surface area contributed by atoms with Crippen molar-refractivity contribution < 1.29 is 19.1 Å². The van der Waals surface area contributed by atoms with Crippen LogP contribution in [0.4, 0.5) is 17.1 Å². The van der Waals surface area contributed by atoms with Gasteiger partial charge in [-0.3, -0.25) is 19.3 Å². The Bertz CT molecular complexity index is 1870. The summed E-state index contributed by atoms with van der Waals surface area (Å²) in [6, 6.07) is 40.2. The zero-order valence-corrected chi connectivity index (χ0v) is 26.1. The Balaban J connectivity index is 1.34. The average Bonchev–Trinajstić information content (AvgIpc) is 3.20. The number of amides is 3. The topological polar surface area (TPSA) is 105 Å². The highest BCUT2D eigenvalue weighted by Crippen LogP contribution is 2.40. The van der Waals surface area contributed by atoms with Gasteiger partial charge >= 0.3 is 0 Å². The Morgan fingerprint density at radius 2 is 1.34 bits per heavy atom. The summed E-state index contributed by atoms with van der Waals surface area (Å²) in [7, 11) is 1.57. The number of ether oxygens (including phenoxy) is 1. The number of anilines is 3. The number of hydrogen-bond acceptors (Lipinski definition) is 5. The minimum Gasteiger partial charge on any atom is -0.496 e. The van der Waals surface area contributed by atoms with Gasteiger partial charge in [0.05, 0.1) is 25.0 Å². The smallest absolute Gasteiger partial charge is 0.244 e. The van der Waals surface area contributed by atoms with Gasteiger partial charge in [-0.05, 0) is 52.6 Å². The standard InChI is InChI=1S/C39H36N4O4/c1-47-36-14-8-5-11-31(36)25-41-37(44)23-33-38(45)42(26-28-15-19-30(20-16-28)29-9-3-2-4-10-29)34-12-6-7-13-35(34)43(39(33)46)32-21-17-27(24-40)18-22-32/h2-22,33H,23-26,40H2,1H3,(H,41,44). The molecule has 0 radical (unpaired) electrons. The number of carbonyl (C=O) groups is 3. The van der Waals surface area contributed by atoms with Crippen molar-refractivity contribution in [3.05, 3.63) is 144 Å². The largest absolute Gasteiger partial charge is 0.496 e. The van der Waals surface area contributed by atoms with Crippen LogP contribution < -0.4 is 25.6 Å². The van der Waals surface area contributed by atoms with Gasteiger partial charge < -0.3 is 20.7 Å². The van der Waals surface area contributed by atoms with Crippen molar-refractivity contribution in [1.82, 2.24) is 5.32 Å². The van der Waals surface area contributed by atoms with E-state index in [-0.39, 0.29) is 19.5 Å². The van der Waals surface area contributed by atoms with E-state index in [1.165, 1.54) is 0 Å². The van der Waals surface area contributed by atoms with Gasteiger partial charge in [0, 0.05) is 30.8 Å². The first-order valence-corrected chi connectivity index (χ1v) is 15.5. The second-order valence-corrected chi connectivity index (χ2v) is 11.4. The number of rotatable bonds is 10. The monoisotopic (exact) mass is 624 g/mol. The third-order valence-corrected chi connectivity index (χ3v) is 8.39. The van der Waals surface area contributed by atoms with Crippen LogP contribution in [0.1, 0.15) is 23.1 Å². The maximum Gasteiger partial charge on any atom is 0.244 e. The van der Waals surface area contributed by atoms with E-state index in [4.69, 9.17) is 10.5 Å². The summed E-state index contributed by atoms with van der Waals surface area (Å²) in [4.78, 5) is 45.5. The molecule has 1 unspecified atom stereocenters. The lowest BCUT2D eigenvalue weighted by molar-refractivity contribution is -0.136. The molecule has 0 spiro atoms. The fourth-order valence-electron chi connectivity index (χ4n) is 5.87. The molecular formula is C39H36N4O4. The van der Waals surface area contributed by atoms with E-state index in [0.29, 0.717) is 29.4 Å². The summed E-state index contributed by atoms with van der Waals surface area (Å²) >= 11 is 0.